The van der Waals surface area contributed by atoms with Crippen LogP contribution in [0.1, 0.15) is 32.2 Å². The monoisotopic (exact) mass is 413 g/mol. The van der Waals surface area contributed by atoms with E-state index < -0.39 is 21.8 Å². The lowest BCUT2D eigenvalue weighted by Crippen LogP contribution is -2.41. The van der Waals surface area contributed by atoms with Crippen molar-refractivity contribution < 1.29 is 22.4 Å². The Bertz CT molecular complexity index is 1150. The number of carbonyl (C=O) groups excluding carboxylic acids is 2. The average Bonchev–Trinajstić information content (AvgIpc) is 3.04. The summed E-state index contributed by atoms with van der Waals surface area (Å²) in [7, 11) is -3.78. The molecular weight excluding hydrogens is 394 g/mol. The number of hydrogen-bond acceptors (Lipinski definition) is 5. The number of aryl methyl sites for hydroxylation is 2. The number of nitrogens with one attached hydrogen (secondary N) is 3. The second-order valence-corrected chi connectivity index (χ2v) is 7.92. The molecule has 3 N–H and O–H groups in total. The van der Waals surface area contributed by atoms with Crippen LogP contribution >= 0.6 is 0 Å². The van der Waals surface area contributed by atoms with Crippen LogP contribution in [0, 0.1) is 13.8 Å². The molecule has 0 saturated carbocycles. The first-order valence-electron chi connectivity index (χ1n) is 8.62. The lowest BCUT2D eigenvalue weighted by atomic mass is 10.2. The van der Waals surface area contributed by atoms with Crippen molar-refractivity contribution in [3.8, 4) is 0 Å². The molecule has 0 atom stereocenters. The summed E-state index contributed by atoms with van der Waals surface area (Å²) in [6, 6.07) is 15.4. The molecule has 1 aromatic heterocycles. The second-order valence-electron chi connectivity index (χ2n) is 6.23. The van der Waals surface area contributed by atoms with E-state index in [9.17, 15) is 18.0 Å². The van der Waals surface area contributed by atoms with Crippen molar-refractivity contribution >= 4 is 27.5 Å². The molecule has 150 valence electrons. The fourth-order valence-electron chi connectivity index (χ4n) is 2.65. The molecule has 2 aromatic carbocycles. The minimum absolute atomic E-state index is 0.105. The van der Waals surface area contributed by atoms with Gasteiger partial charge in [-0.2, -0.15) is 0 Å². The first kappa shape index (κ1) is 20.2. The first-order chi connectivity index (χ1) is 13.8. The Kier molecular flexibility index (Phi) is 5.69. The Hall–Kier alpha value is -3.59. The molecule has 0 bridgehead atoms. The maximum Gasteiger partial charge on any atom is 0.273 e. The maximum absolute atomic E-state index is 12.4. The first-order valence-corrected chi connectivity index (χ1v) is 10.1. The van der Waals surface area contributed by atoms with Crippen LogP contribution in [0.5, 0.6) is 0 Å². The number of anilines is 1. The van der Waals surface area contributed by atoms with Crippen LogP contribution in [0.3, 0.4) is 0 Å². The Morgan fingerprint density at radius 1 is 0.862 bits per heavy atom. The van der Waals surface area contributed by atoms with Gasteiger partial charge in [-0.1, -0.05) is 24.3 Å². The third-order valence-electron chi connectivity index (χ3n) is 4.01. The number of hydrazine groups is 1. The zero-order valence-electron chi connectivity index (χ0n) is 15.7. The van der Waals surface area contributed by atoms with Gasteiger partial charge in [-0.15, -0.1) is 0 Å². The highest BCUT2D eigenvalue weighted by molar-refractivity contribution is 7.92. The topological polar surface area (TPSA) is 118 Å². The van der Waals surface area contributed by atoms with Gasteiger partial charge < -0.3 is 4.42 Å². The van der Waals surface area contributed by atoms with E-state index in [4.69, 9.17) is 4.42 Å². The zero-order valence-corrected chi connectivity index (χ0v) is 16.5. The summed E-state index contributed by atoms with van der Waals surface area (Å²) in [6.45, 7) is 3.36. The summed E-state index contributed by atoms with van der Waals surface area (Å²) >= 11 is 0. The molecule has 1 heterocycles. The summed E-state index contributed by atoms with van der Waals surface area (Å²) in [5.74, 6) is -0.102. The number of benzene rings is 2. The molecule has 2 amide bonds. The van der Waals surface area contributed by atoms with E-state index >= 15 is 0 Å². The highest BCUT2D eigenvalue weighted by Crippen LogP contribution is 2.17. The second kappa shape index (κ2) is 8.19. The molecule has 0 radical (unpaired) electrons. The molecule has 0 aliphatic carbocycles. The third kappa shape index (κ3) is 4.82. The predicted octanol–water partition coefficient (Wildman–Crippen LogP) is 2.77. The van der Waals surface area contributed by atoms with E-state index in [1.165, 1.54) is 36.4 Å². The number of amides is 2. The van der Waals surface area contributed by atoms with Gasteiger partial charge in [0.25, 0.3) is 21.8 Å². The van der Waals surface area contributed by atoms with Gasteiger partial charge in [0.15, 0.2) is 0 Å². The van der Waals surface area contributed by atoms with Crippen molar-refractivity contribution in [3.63, 3.8) is 0 Å². The van der Waals surface area contributed by atoms with E-state index in [0.717, 1.165) is 0 Å². The van der Waals surface area contributed by atoms with E-state index in [0.29, 0.717) is 17.1 Å². The Labute approximate surface area is 168 Å². The molecule has 9 heteroatoms. The Morgan fingerprint density at radius 2 is 1.55 bits per heavy atom. The standard InChI is InChI=1S/C20H19N3O5S/c1-13-11-18(14(2)28-13)20(25)22-21-19(24)15-7-6-8-16(12-15)23-29(26,27)17-9-4-3-5-10-17/h3-12,23H,1-2H3,(H,21,24)(H,22,25). The number of furan rings is 1. The quantitative estimate of drug-likeness (QED) is 0.556. The third-order valence-corrected chi connectivity index (χ3v) is 5.40. The van der Waals surface area contributed by atoms with Gasteiger partial charge in [0.1, 0.15) is 11.5 Å². The van der Waals surface area contributed by atoms with Gasteiger partial charge >= 0.3 is 0 Å². The molecule has 3 aromatic rings. The fraction of sp³-hybridized carbons (Fsp3) is 0.100. The van der Waals surface area contributed by atoms with Crippen molar-refractivity contribution in [2.75, 3.05) is 4.72 Å². The molecule has 0 spiro atoms. The summed E-state index contributed by atoms with van der Waals surface area (Å²) in [6.07, 6.45) is 0. The van der Waals surface area contributed by atoms with Crippen molar-refractivity contribution in [2.45, 2.75) is 18.7 Å². The molecule has 3 rings (SSSR count). The van der Waals surface area contributed by atoms with Crippen molar-refractivity contribution in [2.24, 2.45) is 0 Å². The van der Waals surface area contributed by atoms with E-state index in [1.807, 2.05) is 0 Å². The van der Waals surface area contributed by atoms with Gasteiger partial charge in [0.05, 0.1) is 10.5 Å². The van der Waals surface area contributed by atoms with Crippen LogP contribution in [0.2, 0.25) is 0 Å². The lowest BCUT2D eigenvalue weighted by Gasteiger charge is -2.10. The summed E-state index contributed by atoms with van der Waals surface area (Å²) in [4.78, 5) is 24.6. The number of carbonyl (C=O) groups is 2. The lowest BCUT2D eigenvalue weighted by molar-refractivity contribution is 0.0845. The minimum Gasteiger partial charge on any atom is -0.466 e. The molecular formula is C20H19N3O5S. The SMILES string of the molecule is Cc1cc(C(=O)NNC(=O)c2cccc(NS(=O)(=O)c3ccccc3)c2)c(C)o1. The van der Waals surface area contributed by atoms with Crippen LogP contribution < -0.4 is 15.6 Å². The molecule has 0 aliphatic rings. The van der Waals surface area contributed by atoms with Gasteiger partial charge in [0.2, 0.25) is 0 Å². The van der Waals surface area contributed by atoms with E-state index in [1.54, 1.807) is 38.1 Å². The molecule has 0 aliphatic heterocycles. The minimum atomic E-state index is -3.78. The zero-order chi connectivity index (χ0) is 21.0. The van der Waals surface area contributed by atoms with E-state index in [-0.39, 0.29) is 16.1 Å². The maximum atomic E-state index is 12.4. The van der Waals surface area contributed by atoms with Crippen LogP contribution in [0.25, 0.3) is 0 Å². The highest BCUT2D eigenvalue weighted by atomic mass is 32.2. The van der Waals surface area contributed by atoms with Crippen LogP contribution in [0.4, 0.5) is 5.69 Å². The van der Waals surface area contributed by atoms with Gasteiger partial charge in [0, 0.05) is 11.3 Å². The van der Waals surface area contributed by atoms with Crippen LogP contribution in [-0.4, -0.2) is 20.2 Å². The normalized spacial score (nSPS) is 11.0. The highest BCUT2D eigenvalue weighted by Gasteiger charge is 2.16. The van der Waals surface area contributed by atoms with E-state index in [2.05, 4.69) is 15.6 Å². The predicted molar refractivity (Wildman–Crippen MR) is 107 cm³/mol. The number of rotatable bonds is 5. The van der Waals surface area contributed by atoms with Crippen molar-refractivity contribution in [3.05, 3.63) is 83.3 Å². The van der Waals surface area contributed by atoms with Crippen LogP contribution in [0.15, 0.2) is 70.0 Å². The van der Waals surface area contributed by atoms with Gasteiger partial charge in [-0.05, 0) is 50.2 Å². The summed E-state index contributed by atoms with van der Waals surface area (Å²) < 4.78 is 32.5. The smallest absolute Gasteiger partial charge is 0.273 e. The van der Waals surface area contributed by atoms with Crippen LogP contribution in [-0.2, 0) is 10.0 Å². The summed E-state index contributed by atoms with van der Waals surface area (Å²) in [5, 5.41) is 0. The molecule has 0 unspecified atom stereocenters. The molecule has 8 nitrogen and oxygen atoms in total. The molecule has 0 fully saturated rings. The van der Waals surface area contributed by atoms with Crippen molar-refractivity contribution in [1.82, 2.24) is 10.9 Å². The number of hydrogen-bond donors (Lipinski definition) is 3. The Morgan fingerprint density at radius 3 is 2.21 bits per heavy atom. The largest absolute Gasteiger partial charge is 0.466 e. The van der Waals surface area contributed by atoms with Gasteiger partial charge in [-0.3, -0.25) is 25.2 Å². The van der Waals surface area contributed by atoms with Crippen molar-refractivity contribution in [1.29, 1.82) is 0 Å². The molecule has 29 heavy (non-hydrogen) atoms. The summed E-state index contributed by atoms with van der Waals surface area (Å²) in [5.41, 5.74) is 5.30. The fourth-order valence-corrected chi connectivity index (χ4v) is 3.72. The Balaban J connectivity index is 1.68. The molecule has 0 saturated heterocycles. The number of sulfonamides is 1. The average molecular weight is 413 g/mol. The van der Waals surface area contributed by atoms with Gasteiger partial charge in [-0.25, -0.2) is 8.42 Å².